The lowest BCUT2D eigenvalue weighted by Crippen LogP contribution is -2.07. The standard InChI is InChI=1S/C14H14N4/c1-11-8-12(10-15)9-14(18-11)17-7-5-13-4-2-3-6-16-13/h2-4,6,8-9H,5,7H2,1H3,(H,17,18). The third-order valence-electron chi connectivity index (χ3n) is 2.50. The van der Waals surface area contributed by atoms with Crippen LogP contribution in [0.15, 0.2) is 36.5 Å². The Morgan fingerprint density at radius 1 is 1.33 bits per heavy atom. The number of rotatable bonds is 4. The lowest BCUT2D eigenvalue weighted by molar-refractivity contribution is 0.951. The van der Waals surface area contributed by atoms with Crippen LogP contribution in [0.5, 0.6) is 0 Å². The summed E-state index contributed by atoms with van der Waals surface area (Å²) in [4.78, 5) is 8.58. The second-order valence-electron chi connectivity index (χ2n) is 3.99. The van der Waals surface area contributed by atoms with Crippen molar-refractivity contribution in [1.82, 2.24) is 9.97 Å². The Morgan fingerprint density at radius 3 is 2.94 bits per heavy atom. The van der Waals surface area contributed by atoms with Crippen LogP contribution < -0.4 is 5.32 Å². The van der Waals surface area contributed by atoms with Crippen LogP contribution in [-0.4, -0.2) is 16.5 Å². The number of nitrogens with zero attached hydrogens (tertiary/aromatic N) is 3. The van der Waals surface area contributed by atoms with Crippen LogP contribution in [-0.2, 0) is 6.42 Å². The Balaban J connectivity index is 1.95. The Morgan fingerprint density at radius 2 is 2.22 bits per heavy atom. The second kappa shape index (κ2) is 5.78. The lowest BCUT2D eigenvalue weighted by Gasteiger charge is -2.06. The van der Waals surface area contributed by atoms with Gasteiger partial charge in [-0.2, -0.15) is 5.26 Å². The first-order valence-corrected chi connectivity index (χ1v) is 5.80. The molecule has 0 amide bonds. The highest BCUT2D eigenvalue weighted by molar-refractivity contribution is 5.44. The zero-order valence-corrected chi connectivity index (χ0v) is 10.2. The van der Waals surface area contributed by atoms with Gasteiger partial charge in [-0.25, -0.2) is 4.98 Å². The molecule has 0 aliphatic rings. The summed E-state index contributed by atoms with van der Waals surface area (Å²) in [6.45, 7) is 2.63. The first kappa shape index (κ1) is 12.1. The Labute approximate surface area is 106 Å². The second-order valence-corrected chi connectivity index (χ2v) is 3.99. The number of anilines is 1. The van der Waals surface area contributed by atoms with Crippen molar-refractivity contribution in [1.29, 1.82) is 5.26 Å². The van der Waals surface area contributed by atoms with Gasteiger partial charge in [-0.3, -0.25) is 4.98 Å². The summed E-state index contributed by atoms with van der Waals surface area (Å²) in [6, 6.07) is 11.5. The van der Waals surface area contributed by atoms with E-state index in [9.17, 15) is 0 Å². The van der Waals surface area contributed by atoms with E-state index in [-0.39, 0.29) is 0 Å². The van der Waals surface area contributed by atoms with E-state index in [0.29, 0.717) is 5.56 Å². The summed E-state index contributed by atoms with van der Waals surface area (Å²) in [5.41, 5.74) is 2.51. The number of aromatic nitrogens is 2. The van der Waals surface area contributed by atoms with Gasteiger partial charge in [0.2, 0.25) is 0 Å². The number of nitrogens with one attached hydrogen (secondary N) is 1. The predicted molar refractivity (Wildman–Crippen MR) is 70.1 cm³/mol. The lowest BCUT2D eigenvalue weighted by atomic mass is 10.2. The number of hydrogen-bond donors (Lipinski definition) is 1. The van der Waals surface area contributed by atoms with Gasteiger partial charge >= 0.3 is 0 Å². The van der Waals surface area contributed by atoms with Gasteiger partial charge in [-0.1, -0.05) is 6.07 Å². The van der Waals surface area contributed by atoms with Crippen molar-refractivity contribution in [3.05, 3.63) is 53.5 Å². The zero-order valence-electron chi connectivity index (χ0n) is 10.2. The van der Waals surface area contributed by atoms with Gasteiger partial charge < -0.3 is 5.32 Å². The Kier molecular flexibility index (Phi) is 3.87. The summed E-state index contributed by atoms with van der Waals surface area (Å²) < 4.78 is 0. The Bertz CT molecular complexity index is 558. The first-order chi connectivity index (χ1) is 8.78. The number of aryl methyl sites for hydroxylation is 1. The molecule has 0 spiro atoms. The highest BCUT2D eigenvalue weighted by Crippen LogP contribution is 2.09. The van der Waals surface area contributed by atoms with E-state index in [4.69, 9.17) is 5.26 Å². The number of nitriles is 1. The third-order valence-corrected chi connectivity index (χ3v) is 2.50. The molecule has 0 aromatic carbocycles. The molecule has 0 saturated carbocycles. The average Bonchev–Trinajstić information content (AvgIpc) is 2.39. The summed E-state index contributed by atoms with van der Waals surface area (Å²) in [5.74, 6) is 0.738. The number of hydrogen-bond acceptors (Lipinski definition) is 4. The summed E-state index contributed by atoms with van der Waals surface area (Å²) in [7, 11) is 0. The fourth-order valence-electron chi connectivity index (χ4n) is 1.69. The van der Waals surface area contributed by atoms with Crippen LogP contribution in [0.3, 0.4) is 0 Å². The van der Waals surface area contributed by atoms with Crippen LogP contribution in [0.1, 0.15) is 17.0 Å². The van der Waals surface area contributed by atoms with Crippen molar-refractivity contribution < 1.29 is 0 Å². The van der Waals surface area contributed by atoms with E-state index < -0.39 is 0 Å². The van der Waals surface area contributed by atoms with Gasteiger partial charge in [0.15, 0.2) is 0 Å². The van der Waals surface area contributed by atoms with Gasteiger partial charge in [-0.05, 0) is 31.2 Å². The van der Waals surface area contributed by atoms with Crippen molar-refractivity contribution in [2.75, 3.05) is 11.9 Å². The van der Waals surface area contributed by atoms with Crippen molar-refractivity contribution >= 4 is 5.82 Å². The molecule has 4 nitrogen and oxygen atoms in total. The van der Waals surface area contributed by atoms with Crippen LogP contribution >= 0.6 is 0 Å². The topological polar surface area (TPSA) is 61.6 Å². The van der Waals surface area contributed by atoms with Crippen molar-refractivity contribution in [3.8, 4) is 6.07 Å². The minimum Gasteiger partial charge on any atom is -0.370 e. The molecule has 0 bridgehead atoms. The molecule has 2 aromatic heterocycles. The maximum Gasteiger partial charge on any atom is 0.127 e. The maximum absolute atomic E-state index is 8.87. The third kappa shape index (κ3) is 3.29. The minimum absolute atomic E-state index is 0.628. The van der Waals surface area contributed by atoms with E-state index in [1.165, 1.54) is 0 Å². The highest BCUT2D eigenvalue weighted by atomic mass is 15.0. The predicted octanol–water partition coefficient (Wildman–Crippen LogP) is 2.31. The van der Waals surface area contributed by atoms with Crippen LogP contribution in [0, 0.1) is 18.3 Å². The molecule has 0 atom stereocenters. The van der Waals surface area contributed by atoms with Crippen molar-refractivity contribution in [3.63, 3.8) is 0 Å². The molecule has 0 fully saturated rings. The van der Waals surface area contributed by atoms with E-state index in [1.807, 2.05) is 25.1 Å². The van der Waals surface area contributed by atoms with Gasteiger partial charge in [0.25, 0.3) is 0 Å². The van der Waals surface area contributed by atoms with E-state index in [2.05, 4.69) is 21.4 Å². The van der Waals surface area contributed by atoms with E-state index >= 15 is 0 Å². The Hall–Kier alpha value is -2.41. The molecule has 18 heavy (non-hydrogen) atoms. The molecule has 1 N–H and O–H groups in total. The highest BCUT2D eigenvalue weighted by Gasteiger charge is 1.99. The molecule has 2 rings (SSSR count). The molecule has 0 saturated heterocycles. The van der Waals surface area contributed by atoms with Gasteiger partial charge in [0, 0.05) is 30.6 Å². The smallest absolute Gasteiger partial charge is 0.127 e. The monoisotopic (exact) mass is 238 g/mol. The molecule has 4 heteroatoms. The summed E-state index contributed by atoms with van der Waals surface area (Å²) >= 11 is 0. The molecule has 0 aliphatic heterocycles. The average molecular weight is 238 g/mol. The summed E-state index contributed by atoms with van der Waals surface area (Å²) in [5, 5.41) is 12.1. The fraction of sp³-hybridized carbons (Fsp3) is 0.214. The molecule has 0 aliphatic carbocycles. The molecular formula is C14H14N4. The van der Waals surface area contributed by atoms with Crippen molar-refractivity contribution in [2.24, 2.45) is 0 Å². The molecule has 0 unspecified atom stereocenters. The van der Waals surface area contributed by atoms with Gasteiger partial charge in [0.05, 0.1) is 11.6 Å². The molecule has 90 valence electrons. The minimum atomic E-state index is 0.628. The van der Waals surface area contributed by atoms with Gasteiger partial charge in [-0.15, -0.1) is 0 Å². The summed E-state index contributed by atoms with van der Waals surface area (Å²) in [6.07, 6.45) is 2.62. The maximum atomic E-state index is 8.87. The van der Waals surface area contributed by atoms with Crippen LogP contribution in [0.4, 0.5) is 5.82 Å². The van der Waals surface area contributed by atoms with Crippen molar-refractivity contribution in [2.45, 2.75) is 13.3 Å². The van der Waals surface area contributed by atoms with E-state index in [1.54, 1.807) is 18.3 Å². The fourth-order valence-corrected chi connectivity index (χ4v) is 1.69. The molecular weight excluding hydrogens is 224 g/mol. The van der Waals surface area contributed by atoms with Crippen LogP contribution in [0.2, 0.25) is 0 Å². The molecule has 2 heterocycles. The zero-order chi connectivity index (χ0) is 12.8. The normalized spacial score (nSPS) is 9.78. The largest absolute Gasteiger partial charge is 0.370 e. The SMILES string of the molecule is Cc1cc(C#N)cc(NCCc2ccccn2)n1. The molecule has 0 radical (unpaired) electrons. The quantitative estimate of drug-likeness (QED) is 0.887. The first-order valence-electron chi connectivity index (χ1n) is 5.80. The number of pyridine rings is 2. The van der Waals surface area contributed by atoms with E-state index in [0.717, 1.165) is 30.2 Å². The van der Waals surface area contributed by atoms with Crippen LogP contribution in [0.25, 0.3) is 0 Å². The van der Waals surface area contributed by atoms with Gasteiger partial charge in [0.1, 0.15) is 5.82 Å². The molecule has 2 aromatic rings.